The van der Waals surface area contributed by atoms with E-state index in [9.17, 15) is 4.79 Å². The minimum Gasteiger partial charge on any atom is -0.356 e. The van der Waals surface area contributed by atoms with Crippen LogP contribution in [-0.2, 0) is 0 Å². The first-order valence-corrected chi connectivity index (χ1v) is 4.95. The Bertz CT molecular complexity index is 578. The van der Waals surface area contributed by atoms with Crippen LogP contribution in [0.1, 0.15) is 23.1 Å². The number of hydrogen-bond acceptors (Lipinski definition) is 5. The van der Waals surface area contributed by atoms with Gasteiger partial charge >= 0.3 is 0 Å². The summed E-state index contributed by atoms with van der Waals surface area (Å²) >= 11 is 0. The average Bonchev–Trinajstić information content (AvgIpc) is 2.98. The number of rotatable bonds is 3. The molecule has 0 aromatic carbocycles. The Morgan fingerprint density at radius 3 is 3.18 bits per heavy atom. The first-order valence-electron chi connectivity index (χ1n) is 4.95. The van der Waals surface area contributed by atoms with E-state index in [1.807, 2.05) is 6.07 Å². The third-order valence-corrected chi connectivity index (χ3v) is 2.01. The number of H-pyrrole nitrogens is 1. The number of nitrogens with one attached hydrogen (secondary N) is 2. The lowest BCUT2D eigenvalue weighted by Gasteiger charge is -1.93. The van der Waals surface area contributed by atoms with Crippen LogP contribution in [0, 0.1) is 11.3 Å². The van der Waals surface area contributed by atoms with E-state index in [4.69, 9.17) is 9.78 Å². The lowest BCUT2D eigenvalue weighted by Crippen LogP contribution is -2.23. The minimum absolute atomic E-state index is 0.0324. The van der Waals surface area contributed by atoms with E-state index in [2.05, 4.69) is 20.4 Å². The van der Waals surface area contributed by atoms with Crippen molar-refractivity contribution < 1.29 is 9.32 Å². The molecule has 2 aromatic heterocycles. The fourth-order valence-corrected chi connectivity index (χ4v) is 1.25. The number of aromatic amines is 1. The molecule has 7 nitrogen and oxygen atoms in total. The molecule has 2 rings (SSSR count). The van der Waals surface area contributed by atoms with E-state index in [0.29, 0.717) is 17.8 Å². The number of carbonyl (C=O) groups is 1. The van der Waals surface area contributed by atoms with Gasteiger partial charge in [0.15, 0.2) is 0 Å². The van der Waals surface area contributed by atoms with Gasteiger partial charge in [0.1, 0.15) is 11.8 Å². The van der Waals surface area contributed by atoms with Crippen molar-refractivity contribution in [3.05, 3.63) is 23.7 Å². The lowest BCUT2D eigenvalue weighted by atomic mass is 10.3. The third-order valence-electron chi connectivity index (χ3n) is 2.01. The van der Waals surface area contributed by atoms with Crippen molar-refractivity contribution in [2.75, 3.05) is 6.54 Å². The van der Waals surface area contributed by atoms with E-state index >= 15 is 0 Å². The second kappa shape index (κ2) is 4.49. The van der Waals surface area contributed by atoms with Crippen molar-refractivity contribution >= 4 is 5.91 Å². The highest BCUT2D eigenvalue weighted by Gasteiger charge is 2.15. The van der Waals surface area contributed by atoms with Crippen molar-refractivity contribution in [1.29, 1.82) is 5.26 Å². The average molecular weight is 231 g/mol. The summed E-state index contributed by atoms with van der Waals surface area (Å²) in [5, 5.41) is 14.8. The topological polar surface area (TPSA) is 108 Å². The molecular weight excluding hydrogens is 222 g/mol. The number of aromatic nitrogens is 3. The van der Waals surface area contributed by atoms with Crippen molar-refractivity contribution in [3.63, 3.8) is 0 Å². The predicted molar refractivity (Wildman–Crippen MR) is 56.8 cm³/mol. The Hall–Kier alpha value is -2.62. The zero-order valence-electron chi connectivity index (χ0n) is 9.02. The van der Waals surface area contributed by atoms with Gasteiger partial charge in [-0.3, -0.25) is 4.79 Å². The first kappa shape index (κ1) is 10.9. The molecule has 0 saturated heterocycles. The van der Waals surface area contributed by atoms with Gasteiger partial charge in [-0.1, -0.05) is 5.16 Å². The monoisotopic (exact) mass is 231 g/mol. The molecule has 0 aliphatic heterocycles. The van der Waals surface area contributed by atoms with Gasteiger partial charge in [-0.25, -0.2) is 0 Å². The van der Waals surface area contributed by atoms with Gasteiger partial charge in [0.25, 0.3) is 17.6 Å². The largest absolute Gasteiger partial charge is 0.356 e. The molecule has 2 heterocycles. The van der Waals surface area contributed by atoms with Gasteiger partial charge in [-0.2, -0.15) is 10.2 Å². The van der Waals surface area contributed by atoms with Crippen LogP contribution in [0.4, 0.5) is 0 Å². The van der Waals surface area contributed by atoms with Gasteiger partial charge in [0.2, 0.25) is 0 Å². The predicted octanol–water partition coefficient (Wildman–Crippen LogP) is 0.686. The Morgan fingerprint density at radius 2 is 2.53 bits per heavy atom. The molecule has 0 fully saturated rings. The maximum absolute atomic E-state index is 11.4. The summed E-state index contributed by atoms with van der Waals surface area (Å²) in [6, 6.07) is 3.53. The standard InChI is InChI=1S/C10H9N5O2/c1-2-12-9(16)8-14-10(17-15-8)7-3-6(4-11)5-13-7/h3,5,13H,2H2,1H3,(H,12,16). The maximum atomic E-state index is 11.4. The van der Waals surface area contributed by atoms with Crippen LogP contribution < -0.4 is 5.32 Å². The second-order valence-electron chi connectivity index (χ2n) is 3.20. The second-order valence-corrected chi connectivity index (χ2v) is 3.20. The smallest absolute Gasteiger partial charge is 0.292 e. The van der Waals surface area contributed by atoms with Gasteiger partial charge < -0.3 is 14.8 Å². The molecule has 0 saturated carbocycles. The maximum Gasteiger partial charge on any atom is 0.292 e. The number of hydrogen-bond donors (Lipinski definition) is 2. The summed E-state index contributed by atoms with van der Waals surface area (Å²) < 4.78 is 4.91. The highest BCUT2D eigenvalue weighted by molar-refractivity contribution is 5.90. The fraction of sp³-hybridized carbons (Fsp3) is 0.200. The highest BCUT2D eigenvalue weighted by atomic mass is 16.5. The molecule has 0 spiro atoms. The van der Waals surface area contributed by atoms with Gasteiger partial charge in [0.05, 0.1) is 5.56 Å². The van der Waals surface area contributed by atoms with Crippen molar-refractivity contribution in [2.45, 2.75) is 6.92 Å². The van der Waals surface area contributed by atoms with Crippen LogP contribution in [0.25, 0.3) is 11.6 Å². The van der Waals surface area contributed by atoms with E-state index in [1.54, 1.807) is 13.0 Å². The van der Waals surface area contributed by atoms with Crippen molar-refractivity contribution in [3.8, 4) is 17.7 Å². The van der Waals surface area contributed by atoms with Crippen LogP contribution in [-0.4, -0.2) is 27.6 Å². The van der Waals surface area contributed by atoms with Crippen LogP contribution in [0.2, 0.25) is 0 Å². The van der Waals surface area contributed by atoms with E-state index in [-0.39, 0.29) is 11.7 Å². The summed E-state index contributed by atoms with van der Waals surface area (Å²) in [7, 11) is 0. The van der Waals surface area contributed by atoms with Gasteiger partial charge in [0, 0.05) is 12.7 Å². The molecule has 0 bridgehead atoms. The number of carbonyl (C=O) groups excluding carboxylic acids is 1. The molecule has 1 amide bonds. The quantitative estimate of drug-likeness (QED) is 0.807. The molecule has 2 N–H and O–H groups in total. The van der Waals surface area contributed by atoms with Crippen molar-refractivity contribution in [2.24, 2.45) is 0 Å². The van der Waals surface area contributed by atoms with Crippen LogP contribution in [0.5, 0.6) is 0 Å². The first-order chi connectivity index (χ1) is 8.24. The summed E-state index contributed by atoms with van der Waals surface area (Å²) in [6.45, 7) is 2.28. The summed E-state index contributed by atoms with van der Waals surface area (Å²) in [4.78, 5) is 18.1. The molecule has 2 aromatic rings. The molecule has 7 heteroatoms. The zero-order valence-corrected chi connectivity index (χ0v) is 9.02. The van der Waals surface area contributed by atoms with Crippen LogP contribution in [0.3, 0.4) is 0 Å². The fourth-order valence-electron chi connectivity index (χ4n) is 1.25. The van der Waals surface area contributed by atoms with Gasteiger partial charge in [-0.15, -0.1) is 0 Å². The highest BCUT2D eigenvalue weighted by Crippen LogP contribution is 2.16. The molecule has 0 atom stereocenters. The number of amides is 1. The van der Waals surface area contributed by atoms with Crippen LogP contribution in [0.15, 0.2) is 16.8 Å². The Kier molecular flexibility index (Phi) is 2.87. The Balaban J connectivity index is 2.24. The molecule has 86 valence electrons. The minimum atomic E-state index is -0.394. The molecule has 0 aliphatic rings. The summed E-state index contributed by atoms with van der Waals surface area (Å²) in [5.74, 6) is -0.253. The van der Waals surface area contributed by atoms with E-state index < -0.39 is 5.91 Å². The normalized spacial score (nSPS) is 9.88. The Morgan fingerprint density at radius 1 is 1.71 bits per heavy atom. The molecule has 0 radical (unpaired) electrons. The van der Waals surface area contributed by atoms with E-state index in [1.165, 1.54) is 6.20 Å². The molecular formula is C10H9N5O2. The number of nitriles is 1. The number of nitrogens with zero attached hydrogens (tertiary/aromatic N) is 3. The van der Waals surface area contributed by atoms with Crippen LogP contribution >= 0.6 is 0 Å². The summed E-state index contributed by atoms with van der Waals surface area (Å²) in [6.07, 6.45) is 1.52. The molecule has 0 aliphatic carbocycles. The van der Waals surface area contributed by atoms with E-state index in [0.717, 1.165) is 0 Å². The zero-order chi connectivity index (χ0) is 12.3. The molecule has 17 heavy (non-hydrogen) atoms. The Labute approximate surface area is 96.4 Å². The lowest BCUT2D eigenvalue weighted by molar-refractivity contribution is 0.0942. The van der Waals surface area contributed by atoms with Crippen molar-refractivity contribution in [1.82, 2.24) is 20.4 Å². The SMILES string of the molecule is CCNC(=O)c1noc(-c2cc(C#N)c[nH]2)n1. The molecule has 0 unspecified atom stereocenters. The van der Waals surface area contributed by atoms with Gasteiger partial charge in [-0.05, 0) is 13.0 Å². The third kappa shape index (κ3) is 2.15. The summed E-state index contributed by atoms with van der Waals surface area (Å²) in [5.41, 5.74) is 0.961.